The van der Waals surface area contributed by atoms with Crippen LogP contribution in [-0.2, 0) is 15.7 Å². The summed E-state index contributed by atoms with van der Waals surface area (Å²) >= 11 is 2.72. The number of carbonyl (C=O) groups excluding carboxylic acids is 1. The number of carbonyl (C=O) groups is 1. The lowest BCUT2D eigenvalue weighted by atomic mass is 9.98. The molecule has 1 aliphatic rings. The lowest BCUT2D eigenvalue weighted by Gasteiger charge is -2.14. The molecule has 0 fully saturated rings. The fraction of sp³-hybridized carbons (Fsp3) is 0.308. The molecule has 0 saturated carbocycles. The molecule has 0 saturated heterocycles. The average Bonchev–Trinajstić information content (AvgIpc) is 2.75. The number of halogens is 7. The van der Waals surface area contributed by atoms with Crippen molar-refractivity contribution in [2.75, 3.05) is 7.05 Å². The SMILES string of the molecule is CNC1=C(c2ccc(Br)c(C(F)(F)F)c2)C(=O)C(C(F)(F)F)O1. The van der Waals surface area contributed by atoms with Gasteiger partial charge in [-0.15, -0.1) is 0 Å². The number of Topliss-reactive ketones (excluding diaryl/α,β-unsaturated/α-hetero) is 1. The highest BCUT2D eigenvalue weighted by atomic mass is 79.9. The van der Waals surface area contributed by atoms with Gasteiger partial charge in [0, 0.05) is 11.5 Å². The molecule has 2 rings (SSSR count). The van der Waals surface area contributed by atoms with Crippen LogP contribution < -0.4 is 5.32 Å². The lowest BCUT2D eigenvalue weighted by molar-refractivity contribution is -0.202. The van der Waals surface area contributed by atoms with E-state index in [1.54, 1.807) is 0 Å². The molecule has 0 radical (unpaired) electrons. The lowest BCUT2D eigenvalue weighted by Crippen LogP contribution is -2.35. The van der Waals surface area contributed by atoms with E-state index >= 15 is 0 Å². The Morgan fingerprint density at radius 2 is 1.78 bits per heavy atom. The molecule has 1 unspecified atom stereocenters. The molecular formula is C13H8BrF6NO2. The van der Waals surface area contributed by atoms with Crippen LogP contribution >= 0.6 is 15.9 Å². The van der Waals surface area contributed by atoms with Gasteiger partial charge in [-0.05, 0) is 17.7 Å². The molecule has 3 nitrogen and oxygen atoms in total. The minimum atomic E-state index is -4.97. The van der Waals surface area contributed by atoms with Crippen molar-refractivity contribution in [2.24, 2.45) is 0 Å². The standard InChI is InChI=1S/C13H8BrF6NO2/c1-21-11-8(9(22)10(23-11)13(18,19)20)5-2-3-7(14)6(4-5)12(15,16)17/h2-4,10,21H,1H3. The van der Waals surface area contributed by atoms with Gasteiger partial charge in [0.25, 0.3) is 6.10 Å². The highest BCUT2D eigenvalue weighted by molar-refractivity contribution is 9.10. The average molecular weight is 404 g/mol. The molecular weight excluding hydrogens is 396 g/mol. The Morgan fingerprint density at radius 3 is 2.26 bits per heavy atom. The van der Waals surface area contributed by atoms with Crippen molar-refractivity contribution in [2.45, 2.75) is 18.5 Å². The van der Waals surface area contributed by atoms with E-state index in [4.69, 9.17) is 0 Å². The molecule has 1 aromatic rings. The van der Waals surface area contributed by atoms with Gasteiger partial charge in [0.15, 0.2) is 5.88 Å². The van der Waals surface area contributed by atoms with E-state index in [1.807, 2.05) is 0 Å². The summed E-state index contributed by atoms with van der Waals surface area (Å²) in [6.07, 6.45) is -12.4. The molecule has 23 heavy (non-hydrogen) atoms. The van der Waals surface area contributed by atoms with Crippen molar-refractivity contribution in [1.29, 1.82) is 0 Å². The zero-order valence-electron chi connectivity index (χ0n) is 11.3. The second-order valence-corrected chi connectivity index (χ2v) is 5.40. The summed E-state index contributed by atoms with van der Waals surface area (Å²) in [4.78, 5) is 11.9. The van der Waals surface area contributed by atoms with E-state index in [9.17, 15) is 31.1 Å². The molecule has 0 bridgehead atoms. The maximum Gasteiger partial charge on any atom is 0.433 e. The summed E-state index contributed by atoms with van der Waals surface area (Å²) in [5, 5.41) is 2.26. The van der Waals surface area contributed by atoms with Crippen molar-refractivity contribution in [3.63, 3.8) is 0 Å². The molecule has 0 aliphatic carbocycles. The largest absolute Gasteiger partial charge is 0.457 e. The van der Waals surface area contributed by atoms with Gasteiger partial charge in [-0.25, -0.2) is 0 Å². The van der Waals surface area contributed by atoms with Gasteiger partial charge in [-0.2, -0.15) is 26.3 Å². The van der Waals surface area contributed by atoms with Gasteiger partial charge in [0.2, 0.25) is 5.78 Å². The molecule has 1 aromatic carbocycles. The Morgan fingerprint density at radius 1 is 1.17 bits per heavy atom. The molecule has 1 atom stereocenters. The molecule has 1 N–H and O–H groups in total. The maximum absolute atomic E-state index is 12.9. The summed E-state index contributed by atoms with van der Waals surface area (Å²) in [7, 11) is 1.20. The van der Waals surface area contributed by atoms with E-state index < -0.39 is 41.3 Å². The predicted molar refractivity (Wildman–Crippen MR) is 71.1 cm³/mol. The molecule has 0 spiro atoms. The first-order chi connectivity index (χ1) is 10.5. The Labute approximate surface area is 134 Å². The second kappa shape index (κ2) is 5.73. The van der Waals surface area contributed by atoms with Crippen LogP contribution in [0.2, 0.25) is 0 Å². The summed E-state index contributed by atoms with van der Waals surface area (Å²) in [6.45, 7) is 0. The monoisotopic (exact) mass is 403 g/mol. The van der Waals surface area contributed by atoms with Crippen molar-refractivity contribution in [3.8, 4) is 0 Å². The van der Waals surface area contributed by atoms with Crippen LogP contribution in [0.1, 0.15) is 11.1 Å². The fourth-order valence-electron chi connectivity index (χ4n) is 2.04. The summed E-state index contributed by atoms with van der Waals surface area (Å²) in [5.74, 6) is -1.97. The van der Waals surface area contributed by atoms with Crippen LogP contribution in [0.25, 0.3) is 5.57 Å². The maximum atomic E-state index is 12.9. The van der Waals surface area contributed by atoms with Gasteiger partial charge < -0.3 is 10.1 Å². The normalized spacial score (nSPS) is 19.1. The van der Waals surface area contributed by atoms with Crippen LogP contribution in [0.5, 0.6) is 0 Å². The highest BCUT2D eigenvalue weighted by Gasteiger charge is 2.53. The highest BCUT2D eigenvalue weighted by Crippen LogP contribution is 2.40. The third-order valence-corrected chi connectivity index (χ3v) is 3.72. The Kier molecular flexibility index (Phi) is 4.40. The van der Waals surface area contributed by atoms with Crippen molar-refractivity contribution < 1.29 is 35.9 Å². The molecule has 1 heterocycles. The summed E-state index contributed by atoms with van der Waals surface area (Å²) in [6, 6.07) is 2.70. The minimum Gasteiger partial charge on any atom is -0.457 e. The fourth-order valence-corrected chi connectivity index (χ4v) is 2.52. The molecule has 0 amide bonds. The molecule has 1 aliphatic heterocycles. The number of alkyl halides is 6. The van der Waals surface area contributed by atoms with Crippen molar-refractivity contribution in [1.82, 2.24) is 5.32 Å². The van der Waals surface area contributed by atoms with Gasteiger partial charge >= 0.3 is 12.4 Å². The predicted octanol–water partition coefficient (Wildman–Crippen LogP) is 3.89. The van der Waals surface area contributed by atoms with Gasteiger partial charge in [-0.3, -0.25) is 4.79 Å². The zero-order valence-corrected chi connectivity index (χ0v) is 12.9. The molecule has 126 valence electrons. The van der Waals surface area contributed by atoms with Gasteiger partial charge in [0.1, 0.15) is 0 Å². The summed E-state index contributed by atoms with van der Waals surface area (Å²) in [5.41, 5.74) is -2.00. The van der Waals surface area contributed by atoms with E-state index in [2.05, 4.69) is 26.0 Å². The Balaban J connectivity index is 2.54. The van der Waals surface area contributed by atoms with Crippen LogP contribution in [0.15, 0.2) is 28.6 Å². The van der Waals surface area contributed by atoms with Gasteiger partial charge in [0.05, 0.1) is 11.1 Å². The first kappa shape index (κ1) is 17.6. The summed E-state index contributed by atoms with van der Waals surface area (Å²) < 4.78 is 81.2. The third-order valence-electron chi connectivity index (χ3n) is 3.03. The Bertz CT molecular complexity index is 680. The zero-order chi connectivity index (χ0) is 17.6. The number of ketones is 1. The van der Waals surface area contributed by atoms with Gasteiger partial charge in [-0.1, -0.05) is 22.0 Å². The number of nitrogens with one attached hydrogen (secondary N) is 1. The topological polar surface area (TPSA) is 38.3 Å². The van der Waals surface area contributed by atoms with Crippen molar-refractivity contribution >= 4 is 27.3 Å². The number of hydrogen-bond donors (Lipinski definition) is 1. The number of ether oxygens (including phenoxy) is 1. The second-order valence-electron chi connectivity index (χ2n) is 4.55. The number of rotatable bonds is 2. The molecule has 10 heteroatoms. The third kappa shape index (κ3) is 3.31. The van der Waals surface area contributed by atoms with Crippen LogP contribution in [0.3, 0.4) is 0 Å². The quantitative estimate of drug-likeness (QED) is 0.761. The van der Waals surface area contributed by atoms with E-state index in [0.29, 0.717) is 6.07 Å². The van der Waals surface area contributed by atoms with Crippen LogP contribution in [0.4, 0.5) is 26.3 Å². The van der Waals surface area contributed by atoms with E-state index in [1.165, 1.54) is 7.05 Å². The number of benzene rings is 1. The smallest absolute Gasteiger partial charge is 0.433 e. The number of hydrogen-bond acceptors (Lipinski definition) is 3. The Hall–Kier alpha value is -1.71. The van der Waals surface area contributed by atoms with E-state index in [-0.39, 0.29) is 10.0 Å². The van der Waals surface area contributed by atoms with E-state index in [0.717, 1.165) is 12.1 Å². The van der Waals surface area contributed by atoms with Crippen LogP contribution in [-0.4, -0.2) is 25.1 Å². The first-order valence-corrected chi connectivity index (χ1v) is 6.83. The van der Waals surface area contributed by atoms with Crippen LogP contribution in [0, 0.1) is 0 Å². The minimum absolute atomic E-state index is 0.293. The molecule has 0 aromatic heterocycles. The van der Waals surface area contributed by atoms with Crippen molar-refractivity contribution in [3.05, 3.63) is 39.7 Å². The first-order valence-electron chi connectivity index (χ1n) is 6.03.